The number of nitrogens with two attached hydrogens (primary N) is 1. The molecule has 1 aromatic rings. The molecule has 190 valence electrons. The van der Waals surface area contributed by atoms with Gasteiger partial charge in [-0.1, -0.05) is 13.8 Å². The molecule has 4 atom stereocenters. The molecule has 0 saturated carbocycles. The summed E-state index contributed by atoms with van der Waals surface area (Å²) in [7, 11) is 2.09. The second-order valence-electron chi connectivity index (χ2n) is 11.2. The molecule has 1 aromatic carbocycles. The van der Waals surface area contributed by atoms with Crippen molar-refractivity contribution in [2.45, 2.75) is 51.2 Å². The van der Waals surface area contributed by atoms with E-state index in [1.165, 1.54) is 0 Å². The predicted octanol–water partition coefficient (Wildman–Crippen LogP) is 2.50. The van der Waals surface area contributed by atoms with Crippen LogP contribution in [0, 0.1) is 17.8 Å². The average molecular weight is 494 g/mol. The molecular weight excluding hydrogens is 462 g/mol. The highest BCUT2D eigenvalue weighted by atomic mass is 16.6. The van der Waals surface area contributed by atoms with Gasteiger partial charge in [-0.25, -0.2) is 0 Å². The molecular formula is C27H31N3O6. The van der Waals surface area contributed by atoms with Crippen molar-refractivity contribution in [3.8, 4) is 5.75 Å². The van der Waals surface area contributed by atoms with Gasteiger partial charge in [0.1, 0.15) is 11.3 Å². The van der Waals surface area contributed by atoms with Crippen molar-refractivity contribution in [3.63, 3.8) is 0 Å². The number of phenols is 1. The zero-order chi connectivity index (χ0) is 25.7. The van der Waals surface area contributed by atoms with Gasteiger partial charge in [0.05, 0.1) is 5.56 Å². The number of rotatable bonds is 4. The number of carbonyl (C=O) groups excluding carboxylic acids is 3. The number of fused-ring (bicyclic) bond motifs is 4. The molecule has 3 unspecified atom stereocenters. The highest BCUT2D eigenvalue weighted by molar-refractivity contribution is 6.21. The second-order valence-corrected chi connectivity index (χ2v) is 11.2. The summed E-state index contributed by atoms with van der Waals surface area (Å²) in [5.74, 6) is -2.14. The minimum absolute atomic E-state index is 0.0229. The van der Waals surface area contributed by atoms with Crippen LogP contribution in [0.4, 0.5) is 5.69 Å². The number of hydrogen-bond donors (Lipinski definition) is 4. The van der Waals surface area contributed by atoms with Crippen LogP contribution in [-0.2, 0) is 20.7 Å². The molecule has 1 saturated heterocycles. The van der Waals surface area contributed by atoms with E-state index in [4.69, 9.17) is 10.5 Å². The average Bonchev–Trinajstić information content (AvgIpc) is 3.54. The summed E-state index contributed by atoms with van der Waals surface area (Å²) in [4.78, 5) is 40.6. The van der Waals surface area contributed by atoms with Crippen LogP contribution in [0.2, 0.25) is 0 Å². The Kier molecular flexibility index (Phi) is 4.87. The van der Waals surface area contributed by atoms with Crippen molar-refractivity contribution < 1.29 is 29.3 Å². The van der Waals surface area contributed by atoms with E-state index in [9.17, 15) is 24.6 Å². The Labute approximate surface area is 209 Å². The minimum atomic E-state index is -1.33. The lowest BCUT2D eigenvalue weighted by molar-refractivity contribution is -0.123. The van der Waals surface area contributed by atoms with E-state index in [2.05, 4.69) is 31.1 Å². The number of allylic oxidation sites excluding steroid dienone is 1. The summed E-state index contributed by atoms with van der Waals surface area (Å²) < 4.78 is 5.89. The molecule has 9 nitrogen and oxygen atoms in total. The number of nitrogens with zero attached hydrogens (tertiary/aromatic N) is 1. The van der Waals surface area contributed by atoms with E-state index in [0.717, 1.165) is 36.3 Å². The molecule has 0 radical (unpaired) electrons. The predicted molar refractivity (Wildman–Crippen MR) is 130 cm³/mol. The van der Waals surface area contributed by atoms with Crippen molar-refractivity contribution in [1.82, 2.24) is 4.90 Å². The molecule has 9 heteroatoms. The van der Waals surface area contributed by atoms with Crippen LogP contribution in [0.25, 0.3) is 0 Å². The van der Waals surface area contributed by atoms with Crippen molar-refractivity contribution in [3.05, 3.63) is 45.4 Å². The number of hydrogen-bond acceptors (Lipinski definition) is 8. The Morgan fingerprint density at radius 2 is 2.06 bits per heavy atom. The number of anilines is 1. The Morgan fingerprint density at radius 3 is 2.75 bits per heavy atom. The van der Waals surface area contributed by atoms with E-state index in [0.29, 0.717) is 30.1 Å². The number of aliphatic hydroxyl groups excluding tert-OH is 1. The number of amides is 1. The Hall–Kier alpha value is -3.33. The van der Waals surface area contributed by atoms with Gasteiger partial charge in [-0.15, -0.1) is 0 Å². The largest absolute Gasteiger partial charge is 0.507 e. The fourth-order valence-electron chi connectivity index (χ4n) is 7.13. The Bertz CT molecular complexity index is 1310. The first-order valence-electron chi connectivity index (χ1n) is 12.6. The van der Waals surface area contributed by atoms with Gasteiger partial charge in [0.2, 0.25) is 5.60 Å². The molecule has 1 spiro atoms. The van der Waals surface area contributed by atoms with Crippen LogP contribution in [0.1, 0.15) is 60.6 Å². The maximum atomic E-state index is 13.8. The van der Waals surface area contributed by atoms with Crippen LogP contribution in [0.5, 0.6) is 5.75 Å². The third-order valence-corrected chi connectivity index (χ3v) is 8.53. The standard InChI is InChI=1S/C27H31N3O6/c1-11(2)10-30(3)16-4-5-29-22-14(16)9-18(32)20-15(22)7-12-6-13-8-17(31)21(26(28)35)24(34)27(13)25(36-27)19(12)23(20)33/h9,11-13,16,29,32,34H,4-8,10H2,1-3H3,(H2,28,35)/t12?,13?,16?,27-/m1/s1. The normalized spacial score (nSPS) is 30.2. The van der Waals surface area contributed by atoms with Crippen molar-refractivity contribution in [2.24, 2.45) is 23.5 Å². The number of Topliss-reactive ketones (excluding diaryl/α,β-unsaturated/α-hetero) is 2. The molecule has 2 heterocycles. The van der Waals surface area contributed by atoms with Crippen LogP contribution < -0.4 is 11.1 Å². The molecule has 2 aliphatic heterocycles. The fourth-order valence-corrected chi connectivity index (χ4v) is 7.13. The van der Waals surface area contributed by atoms with Gasteiger partial charge >= 0.3 is 0 Å². The van der Waals surface area contributed by atoms with Crippen LogP contribution in [0.3, 0.4) is 0 Å². The first-order valence-corrected chi connectivity index (χ1v) is 12.6. The molecule has 1 amide bonds. The van der Waals surface area contributed by atoms with Crippen molar-refractivity contribution in [1.29, 1.82) is 0 Å². The Morgan fingerprint density at radius 1 is 1.31 bits per heavy atom. The number of nitrogens with one attached hydrogen (secondary N) is 1. The Balaban J connectivity index is 1.45. The zero-order valence-electron chi connectivity index (χ0n) is 20.7. The van der Waals surface area contributed by atoms with Gasteiger partial charge < -0.3 is 26.0 Å². The number of carbonyl (C=O) groups is 3. The van der Waals surface area contributed by atoms with E-state index < -0.39 is 28.6 Å². The second kappa shape index (κ2) is 7.59. The van der Waals surface area contributed by atoms with Crippen LogP contribution >= 0.6 is 0 Å². The van der Waals surface area contributed by atoms with Gasteiger partial charge in [0.25, 0.3) is 5.91 Å². The van der Waals surface area contributed by atoms with E-state index in [1.807, 2.05) is 0 Å². The number of benzene rings is 1. The van der Waals surface area contributed by atoms with Crippen LogP contribution in [-0.4, -0.2) is 58.3 Å². The lowest BCUT2D eigenvalue weighted by Gasteiger charge is -2.39. The number of epoxide rings is 1. The fraction of sp³-hybridized carbons (Fsp3) is 0.519. The highest BCUT2D eigenvalue weighted by Gasteiger charge is 2.71. The lowest BCUT2D eigenvalue weighted by Crippen LogP contribution is -2.43. The topological polar surface area (TPSA) is 145 Å². The molecule has 3 aliphatic carbocycles. The number of ether oxygens (including phenoxy) is 1. The summed E-state index contributed by atoms with van der Waals surface area (Å²) in [5.41, 5.74) is 6.98. The third kappa shape index (κ3) is 2.95. The SMILES string of the molecule is CC(C)CN(C)C1CCNc2c1cc(O)c1c2CC2CC3CC(=O)C(C(N)=O)=C(O)[C@]34OC4=C2C1=O. The van der Waals surface area contributed by atoms with Gasteiger partial charge in [0, 0.05) is 42.7 Å². The summed E-state index contributed by atoms with van der Waals surface area (Å²) in [6.07, 6.45) is 1.89. The lowest BCUT2D eigenvalue weighted by atomic mass is 9.63. The van der Waals surface area contributed by atoms with Gasteiger partial charge in [-0.3, -0.25) is 19.3 Å². The summed E-state index contributed by atoms with van der Waals surface area (Å²) in [6, 6.07) is 1.84. The van der Waals surface area contributed by atoms with Crippen LogP contribution in [0.15, 0.2) is 28.7 Å². The smallest absolute Gasteiger partial charge is 0.255 e. The first kappa shape index (κ1) is 23.1. The summed E-state index contributed by atoms with van der Waals surface area (Å²) in [5, 5.41) is 25.4. The maximum absolute atomic E-state index is 13.8. The molecule has 5 N–H and O–H groups in total. The molecule has 5 aliphatic rings. The third-order valence-electron chi connectivity index (χ3n) is 8.53. The van der Waals surface area contributed by atoms with E-state index in [-0.39, 0.29) is 41.4 Å². The van der Waals surface area contributed by atoms with Gasteiger partial charge in [-0.2, -0.15) is 0 Å². The summed E-state index contributed by atoms with van der Waals surface area (Å²) in [6.45, 7) is 6.03. The minimum Gasteiger partial charge on any atom is -0.507 e. The molecule has 1 fully saturated rings. The zero-order valence-corrected chi connectivity index (χ0v) is 20.7. The van der Waals surface area contributed by atoms with Gasteiger partial charge in [-0.05, 0) is 55.3 Å². The van der Waals surface area contributed by atoms with Gasteiger partial charge in [0.15, 0.2) is 23.1 Å². The number of ketones is 2. The number of phenolic OH excluding ortho intramolecular Hbond substituents is 1. The number of aliphatic hydroxyl groups is 1. The number of aromatic hydroxyl groups is 1. The molecule has 0 bridgehead atoms. The van der Waals surface area contributed by atoms with Crippen molar-refractivity contribution >= 4 is 23.2 Å². The number of primary amides is 1. The molecule has 36 heavy (non-hydrogen) atoms. The maximum Gasteiger partial charge on any atom is 0.255 e. The highest BCUT2D eigenvalue weighted by Crippen LogP contribution is 2.64. The quantitative estimate of drug-likeness (QED) is 0.284. The summed E-state index contributed by atoms with van der Waals surface area (Å²) >= 11 is 0. The first-order chi connectivity index (χ1) is 17.1. The van der Waals surface area contributed by atoms with Crippen molar-refractivity contribution in [2.75, 3.05) is 25.5 Å². The molecule has 0 aromatic heterocycles. The monoisotopic (exact) mass is 493 g/mol. The molecule has 6 rings (SSSR count). The van der Waals surface area contributed by atoms with E-state index >= 15 is 0 Å². The van der Waals surface area contributed by atoms with E-state index in [1.54, 1.807) is 6.07 Å².